The summed E-state index contributed by atoms with van der Waals surface area (Å²) in [7, 11) is 1.54. The van der Waals surface area contributed by atoms with Gasteiger partial charge in [-0.15, -0.1) is 11.3 Å². The second-order valence-electron chi connectivity index (χ2n) is 8.16. The van der Waals surface area contributed by atoms with E-state index in [4.69, 9.17) is 32.7 Å². The van der Waals surface area contributed by atoms with E-state index in [2.05, 4.69) is 51.6 Å². The van der Waals surface area contributed by atoms with Crippen molar-refractivity contribution in [1.82, 2.24) is 9.88 Å². The number of hydrogen-bond donors (Lipinski definition) is 1. The molecule has 1 fully saturated rings. The fourth-order valence-electron chi connectivity index (χ4n) is 4.08. The zero-order chi connectivity index (χ0) is 24.4. The predicted molar refractivity (Wildman–Crippen MR) is 142 cm³/mol. The lowest BCUT2D eigenvalue weighted by Crippen LogP contribution is -2.35. The number of methoxy groups -OCH3 is 1. The van der Waals surface area contributed by atoms with Crippen LogP contribution in [0.1, 0.15) is 11.1 Å². The van der Waals surface area contributed by atoms with Crippen LogP contribution in [0.3, 0.4) is 0 Å². The van der Waals surface area contributed by atoms with Gasteiger partial charge in [-0.25, -0.2) is 0 Å². The third kappa shape index (κ3) is 5.08. The Morgan fingerprint density at radius 2 is 2.00 bits per heavy atom. The van der Waals surface area contributed by atoms with E-state index >= 15 is 0 Å². The molecule has 0 atom stereocenters. The topological polar surface area (TPSA) is 70.4 Å². The SMILES string of the molecule is COc1cc(Nc2c(C#N)cnc3cc(-c4cccc(CN5CCOCC5)c4)sc23)c(Cl)cc1Cl. The van der Waals surface area contributed by atoms with Crippen LogP contribution >= 0.6 is 34.5 Å². The van der Waals surface area contributed by atoms with Crippen molar-refractivity contribution in [2.24, 2.45) is 0 Å². The first kappa shape index (κ1) is 23.9. The minimum Gasteiger partial charge on any atom is -0.495 e. The lowest BCUT2D eigenvalue weighted by Gasteiger charge is -2.26. The molecule has 1 aliphatic rings. The highest BCUT2D eigenvalue weighted by atomic mass is 35.5. The first-order valence-electron chi connectivity index (χ1n) is 11.1. The molecule has 0 radical (unpaired) electrons. The van der Waals surface area contributed by atoms with E-state index in [1.165, 1.54) is 5.56 Å². The van der Waals surface area contributed by atoms with Crippen molar-refractivity contribution >= 4 is 56.1 Å². The maximum Gasteiger partial charge on any atom is 0.139 e. The van der Waals surface area contributed by atoms with Crippen LogP contribution in [0.5, 0.6) is 5.75 Å². The number of nitrogens with one attached hydrogen (secondary N) is 1. The van der Waals surface area contributed by atoms with Crippen molar-refractivity contribution in [3.05, 3.63) is 69.8 Å². The molecule has 0 saturated carbocycles. The fraction of sp³-hybridized carbons (Fsp3) is 0.231. The van der Waals surface area contributed by atoms with Gasteiger partial charge in [0, 0.05) is 36.8 Å². The van der Waals surface area contributed by atoms with Crippen LogP contribution in [0, 0.1) is 11.3 Å². The van der Waals surface area contributed by atoms with Crippen LogP contribution in [0.4, 0.5) is 11.4 Å². The normalized spacial score (nSPS) is 14.1. The van der Waals surface area contributed by atoms with Crippen LogP contribution in [0.25, 0.3) is 20.7 Å². The number of fused-ring (bicyclic) bond motifs is 1. The number of nitrogens with zero attached hydrogens (tertiary/aromatic N) is 3. The quantitative estimate of drug-likeness (QED) is 0.301. The Bertz CT molecular complexity index is 1430. The van der Waals surface area contributed by atoms with Gasteiger partial charge in [-0.05, 0) is 29.3 Å². The first-order valence-corrected chi connectivity index (χ1v) is 12.6. The van der Waals surface area contributed by atoms with Crippen molar-refractivity contribution < 1.29 is 9.47 Å². The molecule has 35 heavy (non-hydrogen) atoms. The van der Waals surface area contributed by atoms with E-state index in [1.54, 1.807) is 36.8 Å². The largest absolute Gasteiger partial charge is 0.495 e. The average Bonchev–Trinajstić information content (AvgIpc) is 3.31. The summed E-state index contributed by atoms with van der Waals surface area (Å²) in [5, 5.41) is 13.9. The van der Waals surface area contributed by atoms with E-state index < -0.39 is 0 Å². The molecule has 0 amide bonds. The number of aromatic nitrogens is 1. The highest BCUT2D eigenvalue weighted by molar-refractivity contribution is 7.22. The van der Waals surface area contributed by atoms with Crippen molar-refractivity contribution in [3.8, 4) is 22.3 Å². The molecule has 1 saturated heterocycles. The third-order valence-electron chi connectivity index (χ3n) is 5.88. The van der Waals surface area contributed by atoms with E-state index in [1.807, 2.05) is 0 Å². The molecule has 4 aromatic rings. The highest BCUT2D eigenvalue weighted by Crippen LogP contribution is 2.42. The maximum atomic E-state index is 9.77. The Balaban J connectivity index is 1.51. The van der Waals surface area contributed by atoms with E-state index in [9.17, 15) is 5.26 Å². The molecule has 0 bridgehead atoms. The van der Waals surface area contributed by atoms with E-state index in [0.717, 1.165) is 53.5 Å². The number of ether oxygens (including phenoxy) is 2. The Labute approximate surface area is 217 Å². The number of rotatable bonds is 6. The molecule has 1 aliphatic heterocycles. The minimum atomic E-state index is 0.416. The molecule has 9 heteroatoms. The zero-order valence-corrected chi connectivity index (χ0v) is 21.3. The second-order valence-corrected chi connectivity index (χ2v) is 10.0. The summed E-state index contributed by atoms with van der Waals surface area (Å²) < 4.78 is 11.7. The van der Waals surface area contributed by atoms with Crippen LogP contribution in [-0.4, -0.2) is 43.3 Å². The number of nitriles is 1. The molecular formula is C26H22Cl2N4O2S. The summed E-state index contributed by atoms with van der Waals surface area (Å²) in [5.74, 6) is 0.492. The lowest BCUT2D eigenvalue weighted by molar-refractivity contribution is 0.0342. The molecule has 1 N–H and O–H groups in total. The number of halogens is 2. The van der Waals surface area contributed by atoms with Gasteiger partial charge >= 0.3 is 0 Å². The fourth-order valence-corrected chi connectivity index (χ4v) is 5.71. The summed E-state index contributed by atoms with van der Waals surface area (Å²) in [6.07, 6.45) is 1.58. The van der Waals surface area contributed by atoms with Crippen molar-refractivity contribution in [1.29, 1.82) is 5.26 Å². The Morgan fingerprint density at radius 3 is 2.77 bits per heavy atom. The van der Waals surface area contributed by atoms with Gasteiger partial charge in [0.25, 0.3) is 0 Å². The van der Waals surface area contributed by atoms with Crippen LogP contribution in [0.2, 0.25) is 10.0 Å². The number of anilines is 2. The van der Waals surface area contributed by atoms with E-state index in [0.29, 0.717) is 32.7 Å². The maximum absolute atomic E-state index is 9.77. The smallest absolute Gasteiger partial charge is 0.139 e. The molecule has 5 rings (SSSR count). The number of hydrogen-bond acceptors (Lipinski definition) is 7. The zero-order valence-electron chi connectivity index (χ0n) is 19.0. The standard InChI is InChI=1S/C26H22Cl2N4O2S/c1-33-23-11-21(19(27)10-20(23)28)31-25-18(13-29)14-30-22-12-24(35-26(22)25)17-4-2-3-16(9-17)15-32-5-7-34-8-6-32/h2-4,9-12,14H,5-8,15H2,1H3,(H,30,31). The monoisotopic (exact) mass is 524 g/mol. The number of benzene rings is 2. The van der Waals surface area contributed by atoms with Gasteiger partial charge in [0.2, 0.25) is 0 Å². The van der Waals surface area contributed by atoms with Gasteiger partial charge in [0.05, 0.1) is 57.5 Å². The summed E-state index contributed by atoms with van der Waals surface area (Å²) in [6.45, 7) is 4.34. The van der Waals surface area contributed by atoms with Gasteiger partial charge in [-0.3, -0.25) is 9.88 Å². The summed E-state index contributed by atoms with van der Waals surface area (Å²) >= 11 is 14.2. The highest BCUT2D eigenvalue weighted by Gasteiger charge is 2.17. The number of thiophene rings is 1. The van der Waals surface area contributed by atoms with Gasteiger partial charge < -0.3 is 14.8 Å². The van der Waals surface area contributed by atoms with Crippen LogP contribution in [-0.2, 0) is 11.3 Å². The van der Waals surface area contributed by atoms with Gasteiger partial charge in [-0.1, -0.05) is 41.4 Å². The molecule has 178 valence electrons. The van der Waals surface area contributed by atoms with Gasteiger partial charge in [-0.2, -0.15) is 5.26 Å². The van der Waals surface area contributed by atoms with E-state index in [-0.39, 0.29) is 0 Å². The molecular weight excluding hydrogens is 503 g/mol. The predicted octanol–water partition coefficient (Wildman–Crippen LogP) is 6.73. The van der Waals surface area contributed by atoms with Gasteiger partial charge in [0.15, 0.2) is 0 Å². The molecule has 0 aliphatic carbocycles. The lowest BCUT2D eigenvalue weighted by atomic mass is 10.1. The van der Waals surface area contributed by atoms with Crippen LogP contribution in [0.15, 0.2) is 48.7 Å². The molecule has 0 spiro atoms. The Kier molecular flexibility index (Phi) is 7.09. The third-order valence-corrected chi connectivity index (χ3v) is 7.68. The molecule has 2 aromatic carbocycles. The Morgan fingerprint density at radius 1 is 1.17 bits per heavy atom. The molecule has 2 aromatic heterocycles. The molecule has 6 nitrogen and oxygen atoms in total. The summed E-state index contributed by atoms with van der Waals surface area (Å²) in [4.78, 5) is 8.01. The summed E-state index contributed by atoms with van der Waals surface area (Å²) in [5.41, 5.74) is 4.86. The van der Waals surface area contributed by atoms with Crippen molar-refractivity contribution in [2.45, 2.75) is 6.54 Å². The first-order chi connectivity index (χ1) is 17.1. The molecule has 0 unspecified atom stereocenters. The molecule has 3 heterocycles. The van der Waals surface area contributed by atoms with Crippen LogP contribution < -0.4 is 10.1 Å². The minimum absolute atomic E-state index is 0.416. The average molecular weight is 525 g/mol. The second kappa shape index (κ2) is 10.4. The van der Waals surface area contributed by atoms with Crippen molar-refractivity contribution in [3.63, 3.8) is 0 Å². The van der Waals surface area contributed by atoms with Crippen molar-refractivity contribution in [2.75, 3.05) is 38.7 Å². The number of pyridine rings is 1. The summed E-state index contributed by atoms with van der Waals surface area (Å²) in [6, 6.07) is 16.2. The van der Waals surface area contributed by atoms with Gasteiger partial charge in [0.1, 0.15) is 11.8 Å². The number of morpholine rings is 1. The Hall–Kier alpha value is -2.86.